The van der Waals surface area contributed by atoms with Crippen LogP contribution in [0.25, 0.3) is 5.65 Å². The third-order valence-electron chi connectivity index (χ3n) is 3.42. The number of nitro benzene ring substituents is 1. The van der Waals surface area contributed by atoms with Crippen LogP contribution in [0.4, 0.5) is 5.69 Å². The van der Waals surface area contributed by atoms with Gasteiger partial charge in [-0.05, 0) is 24.3 Å². The van der Waals surface area contributed by atoms with Gasteiger partial charge in [-0.15, -0.1) is 10.2 Å². The topological polar surface area (TPSA) is 102 Å². The van der Waals surface area contributed by atoms with Crippen LogP contribution in [0.2, 0.25) is 5.02 Å². The molecule has 0 atom stereocenters. The van der Waals surface area contributed by atoms with Crippen molar-refractivity contribution in [2.24, 2.45) is 0 Å². The summed E-state index contributed by atoms with van der Waals surface area (Å²) in [5.74, 6) is 0.156. The standard InChI is InChI=1S/C15H12ClN5O3/c16-10-4-5-11(12(9-10)21(23)24)15(22)17-7-6-14-19-18-13-3-1-2-8-20(13)14/h1-5,8-9H,6-7H2,(H,17,22). The van der Waals surface area contributed by atoms with Crippen LogP contribution >= 0.6 is 11.6 Å². The summed E-state index contributed by atoms with van der Waals surface area (Å²) in [5, 5.41) is 22.0. The van der Waals surface area contributed by atoms with Gasteiger partial charge in [0.05, 0.1) is 4.92 Å². The summed E-state index contributed by atoms with van der Waals surface area (Å²) >= 11 is 5.74. The van der Waals surface area contributed by atoms with E-state index in [-0.39, 0.29) is 22.8 Å². The van der Waals surface area contributed by atoms with E-state index in [0.717, 1.165) is 6.07 Å². The molecule has 0 saturated heterocycles. The highest BCUT2D eigenvalue weighted by Gasteiger charge is 2.20. The van der Waals surface area contributed by atoms with E-state index in [1.54, 1.807) is 0 Å². The number of fused-ring (bicyclic) bond motifs is 1. The summed E-state index contributed by atoms with van der Waals surface area (Å²) in [6.07, 6.45) is 2.27. The molecule has 3 rings (SSSR count). The van der Waals surface area contributed by atoms with Crippen molar-refractivity contribution in [1.29, 1.82) is 0 Å². The second-order valence-corrected chi connectivity index (χ2v) is 5.41. The molecule has 0 bridgehead atoms. The Hall–Kier alpha value is -3.00. The van der Waals surface area contributed by atoms with E-state index in [0.29, 0.717) is 17.9 Å². The molecular weight excluding hydrogens is 334 g/mol. The Morgan fingerprint density at radius 2 is 2.12 bits per heavy atom. The number of nitrogens with one attached hydrogen (secondary N) is 1. The van der Waals surface area contributed by atoms with Crippen molar-refractivity contribution in [2.75, 3.05) is 6.54 Å². The first-order chi connectivity index (χ1) is 11.6. The van der Waals surface area contributed by atoms with Crippen molar-refractivity contribution in [3.05, 3.63) is 69.1 Å². The number of hydrogen-bond donors (Lipinski definition) is 1. The van der Waals surface area contributed by atoms with Crippen molar-refractivity contribution in [1.82, 2.24) is 19.9 Å². The third-order valence-corrected chi connectivity index (χ3v) is 3.65. The fraction of sp³-hybridized carbons (Fsp3) is 0.133. The normalized spacial score (nSPS) is 10.7. The minimum Gasteiger partial charge on any atom is -0.351 e. The zero-order valence-corrected chi connectivity index (χ0v) is 13.1. The highest BCUT2D eigenvalue weighted by Crippen LogP contribution is 2.23. The van der Waals surface area contributed by atoms with E-state index in [1.165, 1.54) is 12.1 Å². The maximum Gasteiger partial charge on any atom is 0.283 e. The molecule has 2 heterocycles. The van der Waals surface area contributed by atoms with Crippen molar-refractivity contribution in [3.8, 4) is 0 Å². The first-order valence-corrected chi connectivity index (χ1v) is 7.45. The molecule has 0 unspecified atom stereocenters. The van der Waals surface area contributed by atoms with Crippen molar-refractivity contribution < 1.29 is 9.72 Å². The molecule has 1 aromatic carbocycles. The fourth-order valence-corrected chi connectivity index (χ4v) is 2.46. The summed E-state index contributed by atoms with van der Waals surface area (Å²) in [4.78, 5) is 22.6. The number of benzene rings is 1. The Morgan fingerprint density at radius 1 is 1.29 bits per heavy atom. The summed E-state index contributed by atoms with van der Waals surface area (Å²) in [5.41, 5.74) is 0.357. The number of aromatic nitrogens is 3. The SMILES string of the molecule is O=C(NCCc1nnc2ccccn12)c1ccc(Cl)cc1[N+](=O)[O-]. The molecule has 0 aliphatic heterocycles. The molecule has 0 saturated carbocycles. The highest BCUT2D eigenvalue weighted by molar-refractivity contribution is 6.31. The number of carbonyl (C=O) groups is 1. The van der Waals surface area contributed by atoms with Crippen LogP contribution in [-0.2, 0) is 6.42 Å². The smallest absolute Gasteiger partial charge is 0.283 e. The lowest BCUT2D eigenvalue weighted by Crippen LogP contribution is -2.26. The van der Waals surface area contributed by atoms with Gasteiger partial charge in [-0.25, -0.2) is 0 Å². The zero-order chi connectivity index (χ0) is 17.1. The molecule has 1 amide bonds. The molecule has 1 N–H and O–H groups in total. The van der Waals surface area contributed by atoms with E-state index in [4.69, 9.17) is 11.6 Å². The van der Waals surface area contributed by atoms with Gasteiger partial charge in [0.2, 0.25) is 0 Å². The molecular formula is C15H12ClN5O3. The Labute approximate surface area is 141 Å². The first kappa shape index (κ1) is 15.9. The van der Waals surface area contributed by atoms with Gasteiger partial charge in [-0.2, -0.15) is 0 Å². The molecule has 0 fully saturated rings. The lowest BCUT2D eigenvalue weighted by atomic mass is 10.1. The largest absolute Gasteiger partial charge is 0.351 e. The van der Waals surface area contributed by atoms with Crippen molar-refractivity contribution >= 4 is 28.8 Å². The van der Waals surface area contributed by atoms with Crippen LogP contribution in [0, 0.1) is 10.1 Å². The number of hydrogen-bond acceptors (Lipinski definition) is 5. The molecule has 8 nitrogen and oxygen atoms in total. The molecule has 24 heavy (non-hydrogen) atoms. The van der Waals surface area contributed by atoms with Crippen LogP contribution < -0.4 is 5.32 Å². The van der Waals surface area contributed by atoms with Gasteiger partial charge in [-0.1, -0.05) is 17.7 Å². The quantitative estimate of drug-likeness (QED) is 0.564. The average Bonchev–Trinajstić information content (AvgIpc) is 2.98. The number of nitrogens with zero attached hydrogens (tertiary/aromatic N) is 4. The van der Waals surface area contributed by atoms with Gasteiger partial charge in [0.25, 0.3) is 11.6 Å². The number of nitro groups is 1. The number of amides is 1. The monoisotopic (exact) mass is 345 g/mol. The van der Waals surface area contributed by atoms with Gasteiger partial charge >= 0.3 is 0 Å². The lowest BCUT2D eigenvalue weighted by Gasteiger charge is -2.05. The minimum absolute atomic E-state index is 0.0319. The van der Waals surface area contributed by atoms with E-state index in [2.05, 4.69) is 15.5 Å². The minimum atomic E-state index is -0.632. The van der Waals surface area contributed by atoms with Crippen LogP contribution in [-0.4, -0.2) is 32.0 Å². The molecule has 9 heteroatoms. The van der Waals surface area contributed by atoms with Crippen molar-refractivity contribution in [2.45, 2.75) is 6.42 Å². The van der Waals surface area contributed by atoms with Crippen LogP contribution in [0.5, 0.6) is 0 Å². The first-order valence-electron chi connectivity index (χ1n) is 7.07. The average molecular weight is 346 g/mol. The Kier molecular flexibility index (Phi) is 4.39. The van der Waals surface area contributed by atoms with Gasteiger partial charge < -0.3 is 5.32 Å². The van der Waals surface area contributed by atoms with E-state index >= 15 is 0 Å². The maximum atomic E-state index is 12.2. The molecule has 2 aromatic heterocycles. The molecule has 0 spiro atoms. The van der Waals surface area contributed by atoms with Gasteiger partial charge in [0.15, 0.2) is 5.65 Å². The van der Waals surface area contributed by atoms with E-state index in [9.17, 15) is 14.9 Å². The van der Waals surface area contributed by atoms with Crippen LogP contribution in [0.15, 0.2) is 42.6 Å². The summed E-state index contributed by atoms with van der Waals surface area (Å²) in [6.45, 7) is 0.272. The summed E-state index contributed by atoms with van der Waals surface area (Å²) in [6, 6.07) is 9.47. The van der Waals surface area contributed by atoms with E-state index < -0.39 is 10.8 Å². The number of rotatable bonds is 5. The number of pyridine rings is 1. The predicted molar refractivity (Wildman–Crippen MR) is 87.1 cm³/mol. The van der Waals surface area contributed by atoms with Crippen LogP contribution in [0.1, 0.15) is 16.2 Å². The summed E-state index contributed by atoms with van der Waals surface area (Å²) in [7, 11) is 0. The third kappa shape index (κ3) is 3.18. The molecule has 3 aromatic rings. The molecule has 122 valence electrons. The second-order valence-electron chi connectivity index (χ2n) is 4.97. The Bertz CT molecular complexity index is 924. The predicted octanol–water partition coefficient (Wildman–Crippen LogP) is 2.26. The van der Waals surface area contributed by atoms with Gasteiger partial charge in [0, 0.05) is 30.3 Å². The fourth-order valence-electron chi connectivity index (χ4n) is 2.29. The van der Waals surface area contributed by atoms with Gasteiger partial charge in [-0.3, -0.25) is 19.3 Å². The highest BCUT2D eigenvalue weighted by atomic mass is 35.5. The Balaban J connectivity index is 1.69. The number of carbonyl (C=O) groups excluding carboxylic acids is 1. The maximum absolute atomic E-state index is 12.2. The lowest BCUT2D eigenvalue weighted by molar-refractivity contribution is -0.385. The molecule has 0 aliphatic rings. The second kappa shape index (κ2) is 6.63. The molecule has 0 radical (unpaired) electrons. The Morgan fingerprint density at radius 3 is 2.92 bits per heavy atom. The van der Waals surface area contributed by atoms with E-state index in [1.807, 2.05) is 28.8 Å². The number of halogens is 1. The molecule has 0 aliphatic carbocycles. The zero-order valence-electron chi connectivity index (χ0n) is 12.3. The van der Waals surface area contributed by atoms with Crippen LogP contribution in [0.3, 0.4) is 0 Å². The summed E-state index contributed by atoms with van der Waals surface area (Å²) < 4.78 is 1.82. The van der Waals surface area contributed by atoms with Gasteiger partial charge in [0.1, 0.15) is 11.4 Å². The van der Waals surface area contributed by atoms with Crippen molar-refractivity contribution in [3.63, 3.8) is 0 Å².